The zero-order chi connectivity index (χ0) is 22.2. The van der Waals surface area contributed by atoms with Gasteiger partial charge in [-0.05, 0) is 31.5 Å². The lowest BCUT2D eigenvalue weighted by atomic mass is 10.0. The van der Waals surface area contributed by atoms with E-state index in [0.29, 0.717) is 19.2 Å². The Balaban J connectivity index is 1.42. The Kier molecular flexibility index (Phi) is 6.09. The number of halogens is 2. The summed E-state index contributed by atoms with van der Waals surface area (Å²) < 4.78 is 53.9. The summed E-state index contributed by atoms with van der Waals surface area (Å²) in [6.45, 7) is 5.50. The van der Waals surface area contributed by atoms with Crippen LogP contribution in [0.3, 0.4) is 0 Å². The average Bonchev–Trinajstić information content (AvgIpc) is 3.15. The summed E-state index contributed by atoms with van der Waals surface area (Å²) in [4.78, 5) is 6.28. The van der Waals surface area contributed by atoms with Crippen molar-refractivity contribution in [2.75, 3.05) is 31.1 Å². The number of thiazole rings is 1. The lowest BCUT2D eigenvalue weighted by Gasteiger charge is -2.33. The first-order valence-corrected chi connectivity index (χ1v) is 12.3. The molecule has 0 saturated carbocycles. The lowest BCUT2D eigenvalue weighted by molar-refractivity contribution is 0.382. The van der Waals surface area contributed by atoms with Crippen molar-refractivity contribution >= 4 is 26.5 Å². The van der Waals surface area contributed by atoms with E-state index >= 15 is 0 Å². The van der Waals surface area contributed by atoms with Gasteiger partial charge < -0.3 is 4.90 Å². The van der Waals surface area contributed by atoms with Crippen molar-refractivity contribution in [2.45, 2.75) is 25.2 Å². The van der Waals surface area contributed by atoms with Crippen molar-refractivity contribution in [2.24, 2.45) is 0 Å². The SMILES string of the molecule is Cc1cc(C)cc(Cc2csc(N3CCN(S(=O)(=O)c4ccc(F)cc4F)CC3)n2)c1. The fourth-order valence-corrected chi connectivity index (χ4v) is 6.19. The van der Waals surface area contributed by atoms with E-state index in [9.17, 15) is 17.2 Å². The molecule has 0 aliphatic carbocycles. The molecule has 0 amide bonds. The largest absolute Gasteiger partial charge is 0.345 e. The van der Waals surface area contributed by atoms with Crippen molar-refractivity contribution in [3.8, 4) is 0 Å². The Morgan fingerprint density at radius 1 is 1.00 bits per heavy atom. The first-order chi connectivity index (χ1) is 14.7. The maximum absolute atomic E-state index is 14.0. The Hall–Kier alpha value is -2.36. The highest BCUT2D eigenvalue weighted by Gasteiger charge is 2.31. The quantitative estimate of drug-likeness (QED) is 0.571. The average molecular weight is 464 g/mol. The summed E-state index contributed by atoms with van der Waals surface area (Å²) in [7, 11) is -4.01. The molecule has 164 valence electrons. The smallest absolute Gasteiger partial charge is 0.246 e. The highest BCUT2D eigenvalue weighted by Crippen LogP contribution is 2.26. The molecule has 0 N–H and O–H groups in total. The van der Waals surface area contributed by atoms with Gasteiger partial charge in [0.05, 0.1) is 5.69 Å². The number of aryl methyl sites for hydroxylation is 2. The number of hydrogen-bond donors (Lipinski definition) is 0. The van der Waals surface area contributed by atoms with Crippen LogP contribution in [-0.4, -0.2) is 43.9 Å². The van der Waals surface area contributed by atoms with Crippen molar-refractivity contribution in [1.29, 1.82) is 0 Å². The van der Waals surface area contributed by atoms with Crippen LogP contribution in [0, 0.1) is 25.5 Å². The molecule has 1 aliphatic heterocycles. The maximum atomic E-state index is 14.0. The van der Waals surface area contributed by atoms with Crippen LogP contribution in [0.25, 0.3) is 0 Å². The van der Waals surface area contributed by atoms with Crippen LogP contribution >= 0.6 is 11.3 Å². The van der Waals surface area contributed by atoms with Crippen LogP contribution in [0.15, 0.2) is 46.7 Å². The van der Waals surface area contributed by atoms with Crippen LogP contribution in [0.4, 0.5) is 13.9 Å². The maximum Gasteiger partial charge on any atom is 0.246 e. The molecule has 0 radical (unpaired) electrons. The molecule has 1 aromatic heterocycles. The predicted molar refractivity (Wildman–Crippen MR) is 118 cm³/mol. The molecule has 9 heteroatoms. The Morgan fingerprint density at radius 3 is 2.32 bits per heavy atom. The topological polar surface area (TPSA) is 53.5 Å². The van der Waals surface area contributed by atoms with E-state index in [4.69, 9.17) is 4.98 Å². The van der Waals surface area contributed by atoms with E-state index in [1.807, 2.05) is 10.3 Å². The Morgan fingerprint density at radius 2 is 1.68 bits per heavy atom. The number of anilines is 1. The monoisotopic (exact) mass is 463 g/mol. The number of rotatable bonds is 5. The minimum atomic E-state index is -4.01. The highest BCUT2D eigenvalue weighted by molar-refractivity contribution is 7.89. The van der Waals surface area contributed by atoms with Crippen LogP contribution in [-0.2, 0) is 16.4 Å². The van der Waals surface area contributed by atoms with E-state index in [-0.39, 0.29) is 13.1 Å². The fraction of sp³-hybridized carbons (Fsp3) is 0.318. The van der Waals surface area contributed by atoms with Gasteiger partial charge in [0.1, 0.15) is 16.5 Å². The Bertz CT molecular complexity index is 1180. The normalized spacial score (nSPS) is 15.4. The van der Waals surface area contributed by atoms with Gasteiger partial charge in [0.15, 0.2) is 5.13 Å². The molecule has 0 atom stereocenters. The third kappa shape index (κ3) is 4.78. The van der Waals surface area contributed by atoms with Crippen molar-refractivity contribution in [1.82, 2.24) is 9.29 Å². The van der Waals surface area contributed by atoms with Crippen LogP contribution in [0.1, 0.15) is 22.4 Å². The molecule has 0 spiro atoms. The minimum Gasteiger partial charge on any atom is -0.345 e. The molecule has 5 nitrogen and oxygen atoms in total. The number of aromatic nitrogens is 1. The molecule has 0 bridgehead atoms. The van der Waals surface area contributed by atoms with Gasteiger partial charge in [0.25, 0.3) is 0 Å². The number of sulfonamides is 1. The standard InChI is InChI=1S/C22H23F2N3O2S2/c1-15-9-16(2)11-17(10-15)12-19-14-30-22(25-19)26-5-7-27(8-6-26)31(28,29)21-4-3-18(23)13-20(21)24/h3-4,9-11,13-14H,5-8,12H2,1-2H3. The first kappa shape index (κ1) is 21.9. The molecule has 1 fully saturated rings. The zero-order valence-corrected chi connectivity index (χ0v) is 18.9. The van der Waals surface area contributed by atoms with Crippen LogP contribution in [0.2, 0.25) is 0 Å². The third-order valence-electron chi connectivity index (χ3n) is 5.23. The number of nitrogens with zero attached hydrogens (tertiary/aromatic N) is 3. The fourth-order valence-electron chi connectivity index (χ4n) is 3.85. The van der Waals surface area contributed by atoms with Gasteiger partial charge in [0.2, 0.25) is 10.0 Å². The van der Waals surface area contributed by atoms with E-state index in [1.165, 1.54) is 32.3 Å². The molecule has 1 aliphatic rings. The van der Waals surface area contributed by atoms with E-state index in [0.717, 1.165) is 29.4 Å². The molecule has 3 aromatic rings. The number of benzene rings is 2. The zero-order valence-electron chi connectivity index (χ0n) is 17.3. The van der Waals surface area contributed by atoms with Gasteiger partial charge in [-0.1, -0.05) is 29.3 Å². The number of hydrogen-bond acceptors (Lipinski definition) is 5. The summed E-state index contributed by atoms with van der Waals surface area (Å²) in [5.41, 5.74) is 4.64. The second-order valence-corrected chi connectivity index (χ2v) is 10.5. The Labute approximate surface area is 185 Å². The van der Waals surface area contributed by atoms with Gasteiger partial charge in [-0.25, -0.2) is 22.2 Å². The van der Waals surface area contributed by atoms with Gasteiger partial charge >= 0.3 is 0 Å². The molecular weight excluding hydrogens is 440 g/mol. The van der Waals surface area contributed by atoms with E-state index in [2.05, 4.69) is 32.0 Å². The van der Waals surface area contributed by atoms with E-state index < -0.39 is 26.6 Å². The molecule has 4 rings (SSSR count). The van der Waals surface area contributed by atoms with Crippen molar-refractivity contribution in [3.05, 3.63) is 75.8 Å². The van der Waals surface area contributed by atoms with Gasteiger partial charge in [-0.3, -0.25) is 0 Å². The molecule has 2 heterocycles. The minimum absolute atomic E-state index is 0.213. The van der Waals surface area contributed by atoms with Gasteiger partial charge in [0, 0.05) is 44.0 Å². The summed E-state index contributed by atoms with van der Waals surface area (Å²) >= 11 is 1.54. The highest BCUT2D eigenvalue weighted by atomic mass is 32.2. The number of piperazine rings is 1. The summed E-state index contributed by atoms with van der Waals surface area (Å²) in [5.74, 6) is -1.87. The first-order valence-electron chi connectivity index (χ1n) is 9.94. The summed E-state index contributed by atoms with van der Waals surface area (Å²) in [5, 5.41) is 2.88. The molecule has 2 aromatic carbocycles. The molecular formula is C22H23F2N3O2S2. The van der Waals surface area contributed by atoms with Crippen LogP contribution < -0.4 is 4.90 Å². The molecule has 0 unspecified atom stereocenters. The second-order valence-electron chi connectivity index (χ2n) is 7.76. The van der Waals surface area contributed by atoms with Crippen molar-refractivity contribution < 1.29 is 17.2 Å². The second kappa shape index (κ2) is 8.64. The molecule has 31 heavy (non-hydrogen) atoms. The predicted octanol–water partition coefficient (Wildman–Crippen LogP) is 4.14. The van der Waals surface area contributed by atoms with Gasteiger partial charge in [-0.2, -0.15) is 4.31 Å². The van der Waals surface area contributed by atoms with E-state index in [1.54, 1.807) is 0 Å². The summed E-state index contributed by atoms with van der Waals surface area (Å²) in [6.07, 6.45) is 0.747. The molecule has 1 saturated heterocycles. The van der Waals surface area contributed by atoms with Crippen molar-refractivity contribution in [3.63, 3.8) is 0 Å². The summed E-state index contributed by atoms with van der Waals surface area (Å²) in [6, 6.07) is 8.98. The van der Waals surface area contributed by atoms with Crippen LogP contribution in [0.5, 0.6) is 0 Å². The third-order valence-corrected chi connectivity index (χ3v) is 8.11. The van der Waals surface area contributed by atoms with Gasteiger partial charge in [-0.15, -0.1) is 11.3 Å². The lowest BCUT2D eigenvalue weighted by Crippen LogP contribution is -2.48.